The molecule has 24 heavy (non-hydrogen) atoms. The fraction of sp³-hybridized carbons (Fsp3) is 0.316. The predicted octanol–water partition coefficient (Wildman–Crippen LogP) is 3.13. The molecular weight excluding hydrogens is 306 g/mol. The number of hydrogen-bond donors (Lipinski definition) is 1. The van der Waals surface area contributed by atoms with Gasteiger partial charge in [-0.2, -0.15) is 0 Å². The second-order valence-corrected chi connectivity index (χ2v) is 5.33. The molecule has 0 radical (unpaired) electrons. The minimum absolute atomic E-state index is 0.226. The molecule has 2 rings (SSSR count). The fourth-order valence-electron chi connectivity index (χ4n) is 2.62. The lowest BCUT2D eigenvalue weighted by molar-refractivity contribution is 0.0821. The minimum Gasteiger partial charge on any atom is -0.496 e. The number of methoxy groups -OCH3 is 3. The van der Waals surface area contributed by atoms with Crippen molar-refractivity contribution < 1.29 is 19.0 Å². The summed E-state index contributed by atoms with van der Waals surface area (Å²) in [5.41, 5.74) is 2.54. The molecule has 0 saturated heterocycles. The first-order valence-corrected chi connectivity index (χ1v) is 7.69. The summed E-state index contributed by atoms with van der Waals surface area (Å²) >= 11 is 0. The maximum atomic E-state index is 12.6. The van der Waals surface area contributed by atoms with Crippen LogP contribution in [0.15, 0.2) is 42.5 Å². The molecule has 5 nitrogen and oxygen atoms in total. The van der Waals surface area contributed by atoms with Gasteiger partial charge in [0.05, 0.1) is 20.3 Å². The summed E-state index contributed by atoms with van der Waals surface area (Å²) in [5, 5.41) is 2.90. The van der Waals surface area contributed by atoms with Crippen molar-refractivity contribution in [1.29, 1.82) is 0 Å². The third kappa shape index (κ3) is 3.86. The zero-order valence-electron chi connectivity index (χ0n) is 14.5. The van der Waals surface area contributed by atoms with Crippen molar-refractivity contribution >= 4 is 5.91 Å². The highest BCUT2D eigenvalue weighted by atomic mass is 16.5. The van der Waals surface area contributed by atoms with Gasteiger partial charge in [-0.05, 0) is 30.2 Å². The van der Waals surface area contributed by atoms with Crippen LogP contribution in [-0.2, 0) is 4.74 Å². The normalized spacial score (nSPS) is 11.7. The van der Waals surface area contributed by atoms with Crippen molar-refractivity contribution in [2.75, 3.05) is 27.9 Å². The van der Waals surface area contributed by atoms with Gasteiger partial charge in [-0.1, -0.05) is 30.3 Å². The Hall–Kier alpha value is -2.53. The van der Waals surface area contributed by atoms with Crippen molar-refractivity contribution in [2.24, 2.45) is 0 Å². The van der Waals surface area contributed by atoms with E-state index < -0.39 is 0 Å². The number of hydrogen-bond acceptors (Lipinski definition) is 4. The Morgan fingerprint density at radius 2 is 1.62 bits per heavy atom. The predicted molar refractivity (Wildman–Crippen MR) is 92.8 cm³/mol. The van der Waals surface area contributed by atoms with Crippen molar-refractivity contribution in [3.63, 3.8) is 0 Å². The van der Waals surface area contributed by atoms with Crippen LogP contribution in [0.25, 0.3) is 0 Å². The van der Waals surface area contributed by atoms with Crippen LogP contribution in [0.5, 0.6) is 11.5 Å². The summed E-state index contributed by atoms with van der Waals surface area (Å²) in [6.45, 7) is 2.37. The number of aryl methyl sites for hydroxylation is 1. The van der Waals surface area contributed by atoms with Gasteiger partial charge in [0.15, 0.2) is 0 Å². The van der Waals surface area contributed by atoms with Gasteiger partial charge in [-0.25, -0.2) is 0 Å². The summed E-state index contributed by atoms with van der Waals surface area (Å²) < 4.78 is 16.1. The molecule has 1 unspecified atom stereocenters. The van der Waals surface area contributed by atoms with E-state index in [1.165, 1.54) is 14.2 Å². The van der Waals surface area contributed by atoms with Crippen LogP contribution in [0.1, 0.15) is 27.6 Å². The molecule has 0 fully saturated rings. The van der Waals surface area contributed by atoms with Crippen LogP contribution in [-0.4, -0.2) is 33.8 Å². The lowest BCUT2D eigenvalue weighted by atomic mass is 10.0. The van der Waals surface area contributed by atoms with E-state index in [4.69, 9.17) is 14.2 Å². The van der Waals surface area contributed by atoms with Gasteiger partial charge in [0.1, 0.15) is 17.1 Å². The molecule has 0 aromatic heterocycles. The Kier molecular flexibility index (Phi) is 6.21. The molecule has 0 aliphatic heterocycles. The maximum absolute atomic E-state index is 12.6. The zero-order chi connectivity index (χ0) is 17.5. The SMILES string of the molecule is COc1cccc(OC)c1C(=O)NCC(OC)c1ccccc1C. The van der Waals surface area contributed by atoms with Crippen molar-refractivity contribution in [3.8, 4) is 11.5 Å². The van der Waals surface area contributed by atoms with E-state index >= 15 is 0 Å². The summed E-state index contributed by atoms with van der Waals surface area (Å²) in [4.78, 5) is 12.6. The van der Waals surface area contributed by atoms with E-state index in [0.29, 0.717) is 23.6 Å². The summed E-state index contributed by atoms with van der Waals surface area (Å²) in [5.74, 6) is 0.674. The van der Waals surface area contributed by atoms with Crippen LogP contribution in [0.4, 0.5) is 0 Å². The third-order valence-electron chi connectivity index (χ3n) is 3.92. The monoisotopic (exact) mass is 329 g/mol. The molecule has 1 atom stereocenters. The Morgan fingerprint density at radius 1 is 1.00 bits per heavy atom. The van der Waals surface area contributed by atoms with Crippen molar-refractivity contribution in [1.82, 2.24) is 5.32 Å². The van der Waals surface area contributed by atoms with Gasteiger partial charge < -0.3 is 19.5 Å². The summed E-state index contributed by atoms with van der Waals surface area (Å²) in [7, 11) is 4.68. The number of benzene rings is 2. The molecule has 5 heteroatoms. The first kappa shape index (κ1) is 17.8. The molecule has 1 N–H and O–H groups in total. The van der Waals surface area contributed by atoms with E-state index in [0.717, 1.165) is 11.1 Å². The van der Waals surface area contributed by atoms with Crippen LogP contribution in [0.2, 0.25) is 0 Å². The van der Waals surface area contributed by atoms with Crippen LogP contribution in [0, 0.1) is 6.92 Å². The van der Waals surface area contributed by atoms with E-state index in [2.05, 4.69) is 5.32 Å². The summed E-state index contributed by atoms with van der Waals surface area (Å²) in [6.07, 6.45) is -0.226. The molecule has 0 saturated carbocycles. The van der Waals surface area contributed by atoms with E-state index in [1.807, 2.05) is 31.2 Å². The molecule has 128 valence electrons. The molecule has 0 heterocycles. The van der Waals surface area contributed by atoms with Crippen LogP contribution >= 0.6 is 0 Å². The summed E-state index contributed by atoms with van der Waals surface area (Å²) in [6, 6.07) is 13.2. The number of carbonyl (C=O) groups excluding carboxylic acids is 1. The average Bonchev–Trinajstić information content (AvgIpc) is 2.62. The highest BCUT2D eigenvalue weighted by Crippen LogP contribution is 2.28. The van der Waals surface area contributed by atoms with Gasteiger partial charge in [-0.3, -0.25) is 4.79 Å². The average molecular weight is 329 g/mol. The number of amides is 1. The lowest BCUT2D eigenvalue weighted by Crippen LogP contribution is -2.30. The van der Waals surface area contributed by atoms with Crippen molar-refractivity contribution in [3.05, 3.63) is 59.2 Å². The molecule has 0 aliphatic rings. The largest absolute Gasteiger partial charge is 0.496 e. The molecule has 2 aromatic rings. The van der Waals surface area contributed by atoms with Crippen LogP contribution < -0.4 is 14.8 Å². The van der Waals surface area contributed by atoms with Gasteiger partial charge in [0, 0.05) is 13.7 Å². The van der Waals surface area contributed by atoms with Crippen molar-refractivity contribution in [2.45, 2.75) is 13.0 Å². The molecule has 0 aliphatic carbocycles. The Bertz CT molecular complexity index is 677. The fourth-order valence-corrected chi connectivity index (χ4v) is 2.62. The van der Waals surface area contributed by atoms with E-state index in [9.17, 15) is 4.79 Å². The number of ether oxygens (including phenoxy) is 3. The highest BCUT2D eigenvalue weighted by Gasteiger charge is 2.20. The number of rotatable bonds is 7. The third-order valence-corrected chi connectivity index (χ3v) is 3.92. The molecular formula is C19H23NO4. The van der Waals surface area contributed by atoms with Gasteiger partial charge in [0.2, 0.25) is 0 Å². The standard InChI is InChI=1S/C19H23NO4/c1-13-8-5-6-9-14(13)17(24-4)12-20-19(21)18-15(22-2)10-7-11-16(18)23-3/h5-11,17H,12H2,1-4H3,(H,20,21). The number of carbonyl (C=O) groups is 1. The topological polar surface area (TPSA) is 56.8 Å². The minimum atomic E-state index is -0.264. The Morgan fingerprint density at radius 3 is 2.17 bits per heavy atom. The van der Waals surface area contributed by atoms with Gasteiger partial charge >= 0.3 is 0 Å². The van der Waals surface area contributed by atoms with Gasteiger partial charge in [0.25, 0.3) is 5.91 Å². The van der Waals surface area contributed by atoms with Crippen LogP contribution in [0.3, 0.4) is 0 Å². The second kappa shape index (κ2) is 8.36. The van der Waals surface area contributed by atoms with E-state index in [1.54, 1.807) is 25.3 Å². The maximum Gasteiger partial charge on any atom is 0.258 e. The number of nitrogens with one attached hydrogen (secondary N) is 1. The Balaban J connectivity index is 2.17. The first-order chi connectivity index (χ1) is 11.6. The molecule has 0 spiro atoms. The molecule has 2 aromatic carbocycles. The lowest BCUT2D eigenvalue weighted by Gasteiger charge is -2.19. The van der Waals surface area contributed by atoms with E-state index in [-0.39, 0.29) is 12.0 Å². The highest BCUT2D eigenvalue weighted by molar-refractivity contribution is 5.99. The Labute approximate surface area is 142 Å². The quantitative estimate of drug-likeness (QED) is 0.848. The molecule has 0 bridgehead atoms. The molecule has 1 amide bonds. The second-order valence-electron chi connectivity index (χ2n) is 5.33. The van der Waals surface area contributed by atoms with Gasteiger partial charge in [-0.15, -0.1) is 0 Å². The smallest absolute Gasteiger partial charge is 0.258 e. The first-order valence-electron chi connectivity index (χ1n) is 7.69. The zero-order valence-corrected chi connectivity index (χ0v) is 14.5.